The Kier molecular flexibility index (Phi) is 5.18. The van der Waals surface area contributed by atoms with E-state index in [2.05, 4.69) is 9.97 Å². The van der Waals surface area contributed by atoms with Crippen molar-refractivity contribution < 1.29 is 9.59 Å². The number of benzene rings is 1. The molecule has 6 nitrogen and oxygen atoms in total. The van der Waals surface area contributed by atoms with Gasteiger partial charge in [-0.3, -0.25) is 24.5 Å². The molecule has 1 saturated heterocycles. The van der Waals surface area contributed by atoms with E-state index in [-0.39, 0.29) is 17.9 Å². The van der Waals surface area contributed by atoms with Crippen molar-refractivity contribution >= 4 is 29.1 Å². The van der Waals surface area contributed by atoms with Crippen LogP contribution in [0.3, 0.4) is 0 Å². The van der Waals surface area contributed by atoms with E-state index < -0.39 is 0 Å². The molecule has 5 rings (SSSR count). The standard InChI is InChI=1S/C25H23ClN4O2/c1-15-5-6-27-12-23(15)24(31)29-13-18(14-29)7-17-8-20(11-28-10-17)30-16(2)22-9-19(26)3-4-21(22)25(30)32/h3-6,8-12,16,18H,7,13-14H2,1-2H3/t16-/m1/s1. The Balaban J connectivity index is 1.27. The van der Waals surface area contributed by atoms with E-state index in [1.807, 2.05) is 43.1 Å². The summed E-state index contributed by atoms with van der Waals surface area (Å²) in [6.45, 7) is 5.35. The number of pyridine rings is 2. The molecule has 3 aromatic rings. The number of carbonyl (C=O) groups excluding carboxylic acids is 2. The molecule has 1 atom stereocenters. The fraction of sp³-hybridized carbons (Fsp3) is 0.280. The lowest BCUT2D eigenvalue weighted by Gasteiger charge is -2.39. The first-order chi connectivity index (χ1) is 15.4. The van der Waals surface area contributed by atoms with Gasteiger partial charge < -0.3 is 4.90 Å². The predicted molar refractivity (Wildman–Crippen MR) is 123 cm³/mol. The molecule has 0 N–H and O–H groups in total. The maximum Gasteiger partial charge on any atom is 0.259 e. The van der Waals surface area contributed by atoms with Crippen LogP contribution in [0, 0.1) is 12.8 Å². The Morgan fingerprint density at radius 2 is 1.94 bits per heavy atom. The molecule has 7 heteroatoms. The second-order valence-corrected chi connectivity index (χ2v) is 9.04. The fourth-order valence-electron chi connectivity index (χ4n) is 4.63. The number of likely N-dealkylation sites (tertiary alicyclic amines) is 1. The highest BCUT2D eigenvalue weighted by atomic mass is 35.5. The molecule has 0 saturated carbocycles. The lowest BCUT2D eigenvalue weighted by molar-refractivity contribution is 0.0499. The smallest absolute Gasteiger partial charge is 0.259 e. The number of hydrogen-bond acceptors (Lipinski definition) is 4. The lowest BCUT2D eigenvalue weighted by atomic mass is 9.91. The van der Waals surface area contributed by atoms with Crippen molar-refractivity contribution in [3.63, 3.8) is 0 Å². The van der Waals surface area contributed by atoms with Crippen molar-refractivity contribution in [2.75, 3.05) is 18.0 Å². The fourth-order valence-corrected chi connectivity index (χ4v) is 4.81. The zero-order valence-corrected chi connectivity index (χ0v) is 18.7. The Bertz CT molecular complexity index is 1220. The second kappa shape index (κ2) is 8.02. The van der Waals surface area contributed by atoms with Crippen LogP contribution in [-0.2, 0) is 6.42 Å². The molecular weight excluding hydrogens is 424 g/mol. The van der Waals surface area contributed by atoms with Crippen molar-refractivity contribution in [3.8, 4) is 0 Å². The third-order valence-corrected chi connectivity index (χ3v) is 6.63. The minimum atomic E-state index is -0.104. The number of aryl methyl sites for hydroxylation is 1. The van der Waals surface area contributed by atoms with E-state index in [1.54, 1.807) is 35.6 Å². The van der Waals surface area contributed by atoms with Crippen LogP contribution in [-0.4, -0.2) is 39.8 Å². The molecule has 0 spiro atoms. The van der Waals surface area contributed by atoms with Crippen LogP contribution in [0.5, 0.6) is 0 Å². The Hall–Kier alpha value is -3.25. The van der Waals surface area contributed by atoms with E-state index >= 15 is 0 Å². The number of rotatable bonds is 4. The summed E-state index contributed by atoms with van der Waals surface area (Å²) in [6, 6.07) is 9.19. The van der Waals surface area contributed by atoms with Gasteiger partial charge in [-0.1, -0.05) is 11.6 Å². The highest BCUT2D eigenvalue weighted by Gasteiger charge is 2.36. The lowest BCUT2D eigenvalue weighted by Crippen LogP contribution is -2.50. The van der Waals surface area contributed by atoms with Crippen LogP contribution >= 0.6 is 11.6 Å². The van der Waals surface area contributed by atoms with Gasteiger partial charge in [0.2, 0.25) is 0 Å². The normalized spacial score (nSPS) is 18.0. The molecule has 2 aliphatic rings. The topological polar surface area (TPSA) is 66.4 Å². The van der Waals surface area contributed by atoms with E-state index in [4.69, 9.17) is 11.6 Å². The molecule has 0 radical (unpaired) electrons. The molecule has 2 aliphatic heterocycles. The zero-order chi connectivity index (χ0) is 22.4. The van der Waals surface area contributed by atoms with Crippen LogP contribution in [0.2, 0.25) is 5.02 Å². The van der Waals surface area contributed by atoms with Crippen molar-refractivity contribution in [2.45, 2.75) is 26.3 Å². The maximum atomic E-state index is 13.0. The first-order valence-corrected chi connectivity index (χ1v) is 11.1. The number of anilines is 1. The number of amides is 2. The van der Waals surface area contributed by atoms with Crippen molar-refractivity contribution in [1.29, 1.82) is 0 Å². The first-order valence-electron chi connectivity index (χ1n) is 10.7. The summed E-state index contributed by atoms with van der Waals surface area (Å²) in [5, 5.41) is 0.627. The second-order valence-electron chi connectivity index (χ2n) is 8.60. The summed E-state index contributed by atoms with van der Waals surface area (Å²) in [4.78, 5) is 37.8. The van der Waals surface area contributed by atoms with Gasteiger partial charge in [-0.15, -0.1) is 0 Å². The molecule has 4 heterocycles. The molecule has 1 aromatic carbocycles. The highest BCUT2D eigenvalue weighted by molar-refractivity contribution is 6.31. The predicted octanol–water partition coefficient (Wildman–Crippen LogP) is 4.47. The third kappa shape index (κ3) is 3.54. The third-order valence-electron chi connectivity index (χ3n) is 6.40. The quantitative estimate of drug-likeness (QED) is 0.592. The molecule has 32 heavy (non-hydrogen) atoms. The van der Waals surface area contributed by atoms with E-state index in [1.165, 1.54) is 0 Å². The average Bonchev–Trinajstić information content (AvgIpc) is 3.00. The monoisotopic (exact) mass is 446 g/mol. The van der Waals surface area contributed by atoms with Crippen LogP contribution in [0.15, 0.2) is 55.1 Å². The summed E-state index contributed by atoms with van der Waals surface area (Å²) >= 11 is 6.14. The average molecular weight is 447 g/mol. The van der Waals surface area contributed by atoms with Crippen LogP contribution in [0.25, 0.3) is 0 Å². The van der Waals surface area contributed by atoms with E-state index in [0.29, 0.717) is 35.2 Å². The zero-order valence-electron chi connectivity index (χ0n) is 18.0. The SMILES string of the molecule is Cc1ccncc1C(=O)N1CC(Cc2cncc(N3C(=O)c4ccc(Cl)cc4[C@H]3C)c2)C1. The Labute approximate surface area is 191 Å². The number of aromatic nitrogens is 2. The van der Waals surface area contributed by atoms with Gasteiger partial charge >= 0.3 is 0 Å². The first kappa shape index (κ1) is 20.6. The number of hydrogen-bond donors (Lipinski definition) is 0. The molecule has 2 amide bonds. The van der Waals surface area contributed by atoms with E-state index in [9.17, 15) is 9.59 Å². The number of nitrogens with zero attached hydrogens (tertiary/aromatic N) is 4. The number of halogens is 1. The van der Waals surface area contributed by atoms with Gasteiger partial charge in [0.25, 0.3) is 11.8 Å². The number of fused-ring (bicyclic) bond motifs is 1. The van der Waals surface area contributed by atoms with Gasteiger partial charge in [0.1, 0.15) is 0 Å². The number of carbonyl (C=O) groups is 2. The van der Waals surface area contributed by atoms with Crippen molar-refractivity contribution in [3.05, 3.63) is 88.0 Å². The summed E-state index contributed by atoms with van der Waals surface area (Å²) in [5.74, 6) is 0.373. The molecule has 0 bridgehead atoms. The van der Waals surface area contributed by atoms with Crippen LogP contribution in [0.1, 0.15) is 50.4 Å². The van der Waals surface area contributed by atoms with Crippen molar-refractivity contribution in [1.82, 2.24) is 14.9 Å². The van der Waals surface area contributed by atoms with Gasteiger partial charge in [-0.2, -0.15) is 0 Å². The maximum absolute atomic E-state index is 13.0. The minimum absolute atomic E-state index is 0.0321. The molecule has 0 aliphatic carbocycles. The highest BCUT2D eigenvalue weighted by Crippen LogP contribution is 2.38. The van der Waals surface area contributed by atoms with Crippen LogP contribution < -0.4 is 4.90 Å². The molecule has 162 valence electrons. The summed E-state index contributed by atoms with van der Waals surface area (Å²) < 4.78 is 0. The molecule has 2 aromatic heterocycles. The minimum Gasteiger partial charge on any atom is -0.338 e. The van der Waals surface area contributed by atoms with Gasteiger partial charge in [-0.05, 0) is 73.2 Å². The molecular formula is C25H23ClN4O2. The largest absolute Gasteiger partial charge is 0.338 e. The Morgan fingerprint density at radius 3 is 2.72 bits per heavy atom. The van der Waals surface area contributed by atoms with E-state index in [0.717, 1.165) is 28.8 Å². The van der Waals surface area contributed by atoms with Gasteiger partial charge in [-0.25, -0.2) is 0 Å². The van der Waals surface area contributed by atoms with Gasteiger partial charge in [0.15, 0.2) is 0 Å². The Morgan fingerprint density at radius 1 is 1.12 bits per heavy atom. The van der Waals surface area contributed by atoms with Crippen LogP contribution in [0.4, 0.5) is 5.69 Å². The van der Waals surface area contributed by atoms with Crippen molar-refractivity contribution in [2.24, 2.45) is 5.92 Å². The summed E-state index contributed by atoms with van der Waals surface area (Å²) in [7, 11) is 0. The molecule has 1 fully saturated rings. The van der Waals surface area contributed by atoms with Gasteiger partial charge in [0.05, 0.1) is 23.5 Å². The van der Waals surface area contributed by atoms with Gasteiger partial charge in [0, 0.05) is 42.3 Å². The summed E-state index contributed by atoms with van der Waals surface area (Å²) in [6.07, 6.45) is 7.72. The summed E-state index contributed by atoms with van der Waals surface area (Å²) in [5.41, 5.74) is 5.07. The molecule has 0 unspecified atom stereocenters.